The molecular weight excluding hydrogens is 206 g/mol. The molecule has 0 saturated heterocycles. The molecule has 2 N–H and O–H groups in total. The normalized spacial score (nSPS) is 12.7. The predicted octanol–water partition coefficient (Wildman–Crippen LogP) is 2.20. The number of nitrogens with zero attached hydrogens (tertiary/aromatic N) is 2. The van der Waals surface area contributed by atoms with Gasteiger partial charge in [0.15, 0.2) is 0 Å². The summed E-state index contributed by atoms with van der Waals surface area (Å²) in [5.41, 5.74) is 8.35. The van der Waals surface area contributed by atoms with E-state index in [0.29, 0.717) is 5.82 Å². The van der Waals surface area contributed by atoms with Gasteiger partial charge in [-0.2, -0.15) is 0 Å². The summed E-state index contributed by atoms with van der Waals surface area (Å²) in [6.45, 7) is 4.02. The Morgan fingerprint density at radius 3 is 2.47 bits per heavy atom. The number of aromatic nitrogens is 2. The molecule has 0 fully saturated rings. The molecule has 15 heavy (non-hydrogen) atoms. The van der Waals surface area contributed by atoms with Gasteiger partial charge in [-0.15, -0.1) is 11.3 Å². The largest absolute Gasteiger partial charge is 0.317 e. The summed E-state index contributed by atoms with van der Waals surface area (Å²) >= 11 is 1.65. The van der Waals surface area contributed by atoms with Gasteiger partial charge >= 0.3 is 0 Å². The zero-order valence-corrected chi connectivity index (χ0v) is 9.58. The van der Waals surface area contributed by atoms with Crippen LogP contribution in [0.15, 0.2) is 23.8 Å². The molecule has 0 bridgehead atoms. The first-order chi connectivity index (χ1) is 7.18. The van der Waals surface area contributed by atoms with Crippen LogP contribution in [0.4, 0.5) is 0 Å². The van der Waals surface area contributed by atoms with Gasteiger partial charge in [0.25, 0.3) is 0 Å². The lowest BCUT2D eigenvalue weighted by Crippen LogP contribution is -2.14. The van der Waals surface area contributed by atoms with Gasteiger partial charge in [-0.25, -0.2) is 9.97 Å². The first kappa shape index (κ1) is 10.3. The summed E-state index contributed by atoms with van der Waals surface area (Å²) in [7, 11) is 0. The van der Waals surface area contributed by atoms with Crippen LogP contribution >= 0.6 is 11.3 Å². The van der Waals surface area contributed by atoms with E-state index in [1.54, 1.807) is 23.7 Å². The highest BCUT2D eigenvalue weighted by molar-refractivity contribution is 7.10. The van der Waals surface area contributed by atoms with Crippen LogP contribution < -0.4 is 5.73 Å². The van der Waals surface area contributed by atoms with E-state index in [-0.39, 0.29) is 6.04 Å². The molecule has 3 nitrogen and oxygen atoms in total. The number of aryl methyl sites for hydroxylation is 2. The van der Waals surface area contributed by atoms with Gasteiger partial charge in [0.2, 0.25) is 0 Å². The first-order valence-electron chi connectivity index (χ1n) is 4.76. The monoisotopic (exact) mass is 219 g/mol. The number of hydrogen-bond donors (Lipinski definition) is 1. The molecule has 0 saturated carbocycles. The van der Waals surface area contributed by atoms with Crippen LogP contribution in [-0.2, 0) is 0 Å². The quantitative estimate of drug-likeness (QED) is 0.842. The van der Waals surface area contributed by atoms with Crippen molar-refractivity contribution in [2.45, 2.75) is 19.9 Å². The maximum absolute atomic E-state index is 6.10. The summed E-state index contributed by atoms with van der Waals surface area (Å²) < 4.78 is 0. The molecule has 1 unspecified atom stereocenters. The highest BCUT2D eigenvalue weighted by Crippen LogP contribution is 2.25. The van der Waals surface area contributed by atoms with Crippen molar-refractivity contribution in [3.63, 3.8) is 0 Å². The molecule has 0 aliphatic heterocycles. The third-order valence-corrected chi connectivity index (χ3v) is 3.37. The molecule has 4 heteroatoms. The van der Waals surface area contributed by atoms with Gasteiger partial charge in [-0.3, -0.25) is 0 Å². The molecule has 0 spiro atoms. The fraction of sp³-hybridized carbons (Fsp3) is 0.273. The van der Waals surface area contributed by atoms with Gasteiger partial charge in [0.1, 0.15) is 11.9 Å². The number of nitrogens with two attached hydrogens (primary N) is 1. The van der Waals surface area contributed by atoms with Crippen molar-refractivity contribution in [1.82, 2.24) is 9.97 Å². The third-order valence-electron chi connectivity index (χ3n) is 2.26. The zero-order chi connectivity index (χ0) is 10.8. The van der Waals surface area contributed by atoms with Crippen molar-refractivity contribution in [2.75, 3.05) is 0 Å². The molecule has 2 aromatic heterocycles. The molecule has 0 amide bonds. The van der Waals surface area contributed by atoms with Crippen LogP contribution in [0.5, 0.6) is 0 Å². The molecule has 2 rings (SSSR count). The van der Waals surface area contributed by atoms with Crippen LogP contribution in [0.25, 0.3) is 0 Å². The van der Waals surface area contributed by atoms with Crippen molar-refractivity contribution in [2.24, 2.45) is 5.73 Å². The second-order valence-corrected chi connectivity index (χ2v) is 4.51. The van der Waals surface area contributed by atoms with Crippen molar-refractivity contribution < 1.29 is 0 Å². The fourth-order valence-corrected chi connectivity index (χ4v) is 2.31. The Bertz CT molecular complexity index is 447. The lowest BCUT2D eigenvalue weighted by molar-refractivity contribution is 0.787. The maximum atomic E-state index is 6.10. The Balaban J connectivity index is 2.32. The Labute approximate surface area is 93.0 Å². The Morgan fingerprint density at radius 1 is 1.27 bits per heavy atom. The third kappa shape index (κ3) is 2.06. The number of thiophene rings is 1. The van der Waals surface area contributed by atoms with E-state index in [2.05, 4.69) is 23.0 Å². The van der Waals surface area contributed by atoms with Crippen molar-refractivity contribution >= 4 is 11.3 Å². The minimum absolute atomic E-state index is 0.203. The zero-order valence-electron chi connectivity index (χ0n) is 8.77. The minimum atomic E-state index is -0.203. The minimum Gasteiger partial charge on any atom is -0.317 e. The highest BCUT2D eigenvalue weighted by atomic mass is 32.1. The first-order valence-corrected chi connectivity index (χ1v) is 5.64. The number of hydrogen-bond acceptors (Lipinski definition) is 4. The molecule has 0 radical (unpaired) electrons. The summed E-state index contributed by atoms with van der Waals surface area (Å²) in [6, 6.07) is 1.86. The maximum Gasteiger partial charge on any atom is 0.150 e. The molecule has 2 heterocycles. The smallest absolute Gasteiger partial charge is 0.150 e. The van der Waals surface area contributed by atoms with Crippen LogP contribution in [0.1, 0.15) is 27.9 Å². The molecule has 1 atom stereocenters. The van der Waals surface area contributed by atoms with Crippen molar-refractivity contribution in [3.8, 4) is 0 Å². The van der Waals surface area contributed by atoms with Gasteiger partial charge in [-0.1, -0.05) is 0 Å². The van der Waals surface area contributed by atoms with E-state index in [1.165, 1.54) is 5.56 Å². The fourth-order valence-electron chi connectivity index (χ4n) is 1.38. The van der Waals surface area contributed by atoms with E-state index in [0.717, 1.165) is 10.4 Å². The Morgan fingerprint density at radius 2 is 1.93 bits per heavy atom. The van der Waals surface area contributed by atoms with E-state index in [4.69, 9.17) is 5.73 Å². The molecule has 2 aromatic rings. The Kier molecular flexibility index (Phi) is 2.79. The van der Waals surface area contributed by atoms with Crippen LogP contribution in [0, 0.1) is 13.8 Å². The van der Waals surface area contributed by atoms with E-state index >= 15 is 0 Å². The number of rotatable bonds is 2. The van der Waals surface area contributed by atoms with Gasteiger partial charge in [0, 0.05) is 17.3 Å². The second-order valence-electron chi connectivity index (χ2n) is 3.56. The van der Waals surface area contributed by atoms with Gasteiger partial charge in [-0.05, 0) is 36.4 Å². The SMILES string of the molecule is Cc1cnc(C(N)c2sccc2C)nc1. The van der Waals surface area contributed by atoms with Crippen LogP contribution in [0.3, 0.4) is 0 Å². The van der Waals surface area contributed by atoms with E-state index in [1.807, 2.05) is 12.3 Å². The van der Waals surface area contributed by atoms with Crippen molar-refractivity contribution in [3.05, 3.63) is 45.7 Å². The molecule has 0 aromatic carbocycles. The van der Waals surface area contributed by atoms with Crippen molar-refractivity contribution in [1.29, 1.82) is 0 Å². The Hall–Kier alpha value is -1.26. The van der Waals surface area contributed by atoms with Gasteiger partial charge < -0.3 is 5.73 Å². The summed E-state index contributed by atoms with van der Waals surface area (Å²) in [5.74, 6) is 0.686. The standard InChI is InChI=1S/C11H13N3S/c1-7-5-13-11(14-6-7)9(12)10-8(2)3-4-15-10/h3-6,9H,12H2,1-2H3. The molecular formula is C11H13N3S. The predicted molar refractivity (Wildman–Crippen MR) is 61.9 cm³/mol. The average molecular weight is 219 g/mol. The second kappa shape index (κ2) is 4.08. The average Bonchev–Trinajstić information content (AvgIpc) is 2.65. The van der Waals surface area contributed by atoms with Crippen LogP contribution in [-0.4, -0.2) is 9.97 Å². The molecule has 0 aliphatic carbocycles. The van der Waals surface area contributed by atoms with E-state index < -0.39 is 0 Å². The lowest BCUT2D eigenvalue weighted by atomic mass is 10.1. The van der Waals surface area contributed by atoms with E-state index in [9.17, 15) is 0 Å². The topological polar surface area (TPSA) is 51.8 Å². The lowest BCUT2D eigenvalue weighted by Gasteiger charge is -2.09. The van der Waals surface area contributed by atoms with Gasteiger partial charge in [0.05, 0.1) is 0 Å². The van der Waals surface area contributed by atoms with Crippen LogP contribution in [0.2, 0.25) is 0 Å². The summed E-state index contributed by atoms with van der Waals surface area (Å²) in [5, 5.41) is 2.04. The molecule has 0 aliphatic rings. The summed E-state index contributed by atoms with van der Waals surface area (Å²) in [4.78, 5) is 9.63. The molecule has 78 valence electrons. The summed E-state index contributed by atoms with van der Waals surface area (Å²) in [6.07, 6.45) is 3.59. The highest BCUT2D eigenvalue weighted by Gasteiger charge is 2.14.